The van der Waals surface area contributed by atoms with Crippen LogP contribution in [-0.2, 0) is 31.4 Å². The van der Waals surface area contributed by atoms with Crippen LogP contribution in [0, 0.1) is 0 Å². The van der Waals surface area contributed by atoms with E-state index in [1.807, 2.05) is 0 Å². The third-order valence-corrected chi connectivity index (χ3v) is 6.93. The Kier molecular flexibility index (Phi) is 9.72. The molecular weight excluding hydrogens is 455 g/mol. The molecule has 0 aliphatic heterocycles. The van der Waals surface area contributed by atoms with Crippen LogP contribution in [0.5, 0.6) is 0 Å². The molecule has 0 atom stereocenters. The molecule has 174 valence electrons. The summed E-state index contributed by atoms with van der Waals surface area (Å²) >= 11 is 5.87. The minimum absolute atomic E-state index is 0.0241. The van der Waals surface area contributed by atoms with Crippen LogP contribution in [0.2, 0.25) is 5.02 Å². The number of hydrogen-bond acceptors (Lipinski definition) is 6. The van der Waals surface area contributed by atoms with Gasteiger partial charge in [0, 0.05) is 22.8 Å². The van der Waals surface area contributed by atoms with Crippen molar-refractivity contribution in [2.24, 2.45) is 0 Å². The highest BCUT2D eigenvalue weighted by atomic mass is 35.5. The van der Waals surface area contributed by atoms with Gasteiger partial charge in [-0.15, -0.1) is 0 Å². The minimum Gasteiger partial charge on any atom is -0.480 e. The quantitative estimate of drug-likeness (QED) is 0.338. The Balaban J connectivity index is 2.15. The van der Waals surface area contributed by atoms with Crippen molar-refractivity contribution in [3.8, 4) is 0 Å². The molecule has 0 unspecified atom stereocenters. The highest BCUT2D eigenvalue weighted by molar-refractivity contribution is 7.53. The first-order chi connectivity index (χ1) is 15.2. The molecule has 10 heteroatoms. The Hall–Kier alpha value is -2.38. The van der Waals surface area contributed by atoms with Crippen LogP contribution in [0.1, 0.15) is 35.3 Å². The van der Waals surface area contributed by atoms with E-state index >= 15 is 0 Å². The molecule has 0 saturated heterocycles. The minimum atomic E-state index is -3.17. The number of anilines is 1. The van der Waals surface area contributed by atoms with Crippen molar-refractivity contribution in [1.82, 2.24) is 4.90 Å². The molecule has 0 bridgehead atoms. The van der Waals surface area contributed by atoms with Crippen molar-refractivity contribution in [2.75, 3.05) is 31.7 Å². The van der Waals surface area contributed by atoms with Crippen LogP contribution in [0.4, 0.5) is 5.69 Å². The van der Waals surface area contributed by atoms with Crippen LogP contribution in [0.15, 0.2) is 42.5 Å². The zero-order valence-corrected chi connectivity index (χ0v) is 19.8. The number of nitrogen functional groups attached to an aromatic ring is 1. The van der Waals surface area contributed by atoms with Gasteiger partial charge in [0.15, 0.2) is 0 Å². The third-order valence-electron chi connectivity index (χ3n) is 4.60. The van der Waals surface area contributed by atoms with Gasteiger partial charge < -0.3 is 24.8 Å². The maximum absolute atomic E-state index is 12.8. The lowest BCUT2D eigenvalue weighted by molar-refractivity contribution is -0.137. The monoisotopic (exact) mass is 482 g/mol. The number of nitrogens with zero attached hydrogens (tertiary/aromatic N) is 1. The molecule has 2 aromatic carbocycles. The molecule has 3 N–H and O–H groups in total. The number of amides is 1. The second kappa shape index (κ2) is 12.0. The van der Waals surface area contributed by atoms with Crippen LogP contribution < -0.4 is 5.73 Å². The first-order valence-electron chi connectivity index (χ1n) is 10.2. The maximum Gasteiger partial charge on any atom is 0.330 e. The summed E-state index contributed by atoms with van der Waals surface area (Å²) in [4.78, 5) is 25.4. The summed E-state index contributed by atoms with van der Waals surface area (Å²) in [6, 6.07) is 11.5. The number of carbonyl (C=O) groups excluding carboxylic acids is 1. The van der Waals surface area contributed by atoms with Crippen molar-refractivity contribution in [3.05, 3.63) is 64.2 Å². The number of carboxylic acids is 1. The Morgan fingerprint density at radius 1 is 1.09 bits per heavy atom. The first-order valence-corrected chi connectivity index (χ1v) is 12.3. The van der Waals surface area contributed by atoms with Crippen LogP contribution in [-0.4, -0.2) is 47.8 Å². The molecule has 0 saturated carbocycles. The second-order valence-electron chi connectivity index (χ2n) is 7.02. The summed E-state index contributed by atoms with van der Waals surface area (Å²) in [5.41, 5.74) is 8.36. The molecule has 0 spiro atoms. The molecule has 0 aliphatic carbocycles. The average Bonchev–Trinajstić information content (AvgIpc) is 2.73. The number of carboxylic acid groups (broad SMARTS) is 1. The van der Waals surface area contributed by atoms with Gasteiger partial charge in [0.25, 0.3) is 5.91 Å². The molecule has 0 aromatic heterocycles. The van der Waals surface area contributed by atoms with Gasteiger partial charge in [0.1, 0.15) is 6.54 Å². The fourth-order valence-electron chi connectivity index (χ4n) is 3.11. The van der Waals surface area contributed by atoms with E-state index < -0.39 is 26.0 Å². The Morgan fingerprint density at radius 2 is 1.72 bits per heavy atom. The van der Waals surface area contributed by atoms with Crippen molar-refractivity contribution < 1.29 is 28.3 Å². The number of benzene rings is 2. The topological polar surface area (TPSA) is 119 Å². The number of aliphatic carboxylic acids is 1. The summed E-state index contributed by atoms with van der Waals surface area (Å²) in [5, 5.41) is 9.73. The first kappa shape index (κ1) is 25.9. The van der Waals surface area contributed by atoms with Crippen molar-refractivity contribution in [2.45, 2.75) is 26.8 Å². The van der Waals surface area contributed by atoms with Gasteiger partial charge in [-0.2, -0.15) is 0 Å². The maximum atomic E-state index is 12.8. The van der Waals surface area contributed by atoms with E-state index in [0.717, 1.165) is 5.56 Å². The van der Waals surface area contributed by atoms with Gasteiger partial charge in [0.05, 0.1) is 19.4 Å². The molecule has 2 rings (SSSR count). The van der Waals surface area contributed by atoms with Gasteiger partial charge in [-0.3, -0.25) is 14.2 Å². The Bertz CT molecular complexity index is 973. The predicted octanol–water partition coefficient (Wildman–Crippen LogP) is 4.46. The number of aryl methyl sites for hydroxylation is 1. The number of carbonyl (C=O) groups is 2. The molecule has 0 radical (unpaired) electrons. The van der Waals surface area contributed by atoms with E-state index in [2.05, 4.69) is 0 Å². The molecule has 1 amide bonds. The number of halogens is 1. The van der Waals surface area contributed by atoms with Crippen LogP contribution in [0.3, 0.4) is 0 Å². The predicted molar refractivity (Wildman–Crippen MR) is 124 cm³/mol. The molecule has 0 heterocycles. The van der Waals surface area contributed by atoms with E-state index in [-0.39, 0.29) is 12.7 Å². The lowest BCUT2D eigenvalue weighted by Gasteiger charge is -2.22. The highest BCUT2D eigenvalue weighted by Crippen LogP contribution is 2.48. The fraction of sp³-hybridized carbons (Fsp3) is 0.364. The summed E-state index contributed by atoms with van der Waals surface area (Å²) in [7, 11) is -3.17. The van der Waals surface area contributed by atoms with Gasteiger partial charge >= 0.3 is 13.6 Å². The van der Waals surface area contributed by atoms with Gasteiger partial charge in [-0.1, -0.05) is 23.7 Å². The van der Waals surface area contributed by atoms with Crippen LogP contribution >= 0.6 is 19.2 Å². The van der Waals surface area contributed by atoms with Gasteiger partial charge in [-0.25, -0.2) is 0 Å². The molecule has 2 aromatic rings. The molecule has 0 fully saturated rings. The smallest absolute Gasteiger partial charge is 0.330 e. The highest BCUT2D eigenvalue weighted by Gasteiger charge is 2.24. The van der Waals surface area contributed by atoms with E-state index in [0.29, 0.717) is 41.5 Å². The summed E-state index contributed by atoms with van der Waals surface area (Å²) in [6.45, 7) is 3.64. The van der Waals surface area contributed by atoms with Crippen molar-refractivity contribution in [3.63, 3.8) is 0 Å². The van der Waals surface area contributed by atoms with E-state index in [9.17, 15) is 19.3 Å². The lowest BCUT2D eigenvalue weighted by atomic mass is 10.1. The molecule has 0 aliphatic rings. The Labute approximate surface area is 192 Å². The number of hydrogen-bond donors (Lipinski definition) is 2. The summed E-state index contributed by atoms with van der Waals surface area (Å²) in [6.07, 6.45) is 0.651. The van der Waals surface area contributed by atoms with E-state index in [1.165, 1.54) is 4.90 Å². The largest absolute Gasteiger partial charge is 0.480 e. The zero-order valence-electron chi connectivity index (χ0n) is 18.1. The van der Waals surface area contributed by atoms with Gasteiger partial charge in [-0.05, 0) is 61.7 Å². The zero-order chi connectivity index (χ0) is 23.7. The fourth-order valence-corrected chi connectivity index (χ4v) is 4.89. The van der Waals surface area contributed by atoms with Crippen molar-refractivity contribution >= 4 is 36.8 Å². The molecule has 32 heavy (non-hydrogen) atoms. The van der Waals surface area contributed by atoms with Crippen molar-refractivity contribution in [1.29, 1.82) is 0 Å². The average molecular weight is 483 g/mol. The summed E-state index contributed by atoms with van der Waals surface area (Å²) in [5.74, 6) is -1.58. The lowest BCUT2D eigenvalue weighted by Crippen LogP contribution is -2.35. The molecule has 8 nitrogen and oxygen atoms in total. The Morgan fingerprint density at radius 3 is 2.25 bits per heavy atom. The van der Waals surface area contributed by atoms with Crippen LogP contribution in [0.25, 0.3) is 0 Å². The normalized spacial score (nSPS) is 11.3. The van der Waals surface area contributed by atoms with Gasteiger partial charge in [0.2, 0.25) is 0 Å². The second-order valence-corrected chi connectivity index (χ2v) is 9.64. The molecular formula is C22H28ClN2O6P. The number of rotatable bonds is 12. The SMILES string of the molecule is CCOP(=O)(CCc1ccc(CN(CC(=O)O)C(=O)c2ccc(Cl)cc2)c(N)c1)OCC. The number of nitrogens with two attached hydrogens (primary N) is 1. The standard InChI is InChI=1S/C22H28ClN2O6P/c1-3-30-32(29,31-4-2)12-11-16-5-6-18(20(24)13-16)14-25(15-21(26)27)22(28)17-7-9-19(23)10-8-17/h5-10,13H,3-4,11-12,14-15,24H2,1-2H3,(H,26,27). The van der Waals surface area contributed by atoms with E-state index in [1.54, 1.807) is 56.3 Å². The van der Waals surface area contributed by atoms with E-state index in [4.69, 9.17) is 26.4 Å². The third kappa shape index (κ3) is 7.64. The summed E-state index contributed by atoms with van der Waals surface area (Å²) < 4.78 is 23.2.